The first kappa shape index (κ1) is 48.9. The number of rotatable bonds is 12. The Labute approximate surface area is 389 Å². The van der Waals surface area contributed by atoms with Crippen LogP contribution in [0.1, 0.15) is 103 Å². The summed E-state index contributed by atoms with van der Waals surface area (Å²) in [6.45, 7) is 15.1. The lowest BCUT2D eigenvalue weighted by molar-refractivity contribution is -0.345. The molecule has 0 spiro atoms. The van der Waals surface area contributed by atoms with E-state index in [9.17, 15) is 29.4 Å². The molecule has 3 aliphatic heterocycles. The van der Waals surface area contributed by atoms with Gasteiger partial charge in [-0.25, -0.2) is 18.8 Å². The fourth-order valence-corrected chi connectivity index (χ4v) is 11.8. The first-order chi connectivity index (χ1) is 31.5. The number of hydrogen-bond donors (Lipinski definition) is 3. The van der Waals surface area contributed by atoms with Gasteiger partial charge in [-0.3, -0.25) is 14.7 Å². The number of amides is 1. The Bertz CT molecular complexity index is 2260. The molecule has 8 rings (SSSR count). The van der Waals surface area contributed by atoms with Gasteiger partial charge in [0.2, 0.25) is 0 Å². The summed E-state index contributed by atoms with van der Waals surface area (Å²) in [6, 6.07) is 9.04. The lowest BCUT2D eigenvalue weighted by atomic mass is 9.45. The number of benzene rings is 1. The average molecular weight is 938 g/mol. The number of pyridine rings is 1. The van der Waals surface area contributed by atoms with E-state index in [1.165, 1.54) is 19.2 Å². The van der Waals surface area contributed by atoms with E-state index in [0.29, 0.717) is 37.1 Å². The summed E-state index contributed by atoms with van der Waals surface area (Å²) in [5.74, 6) is -4.57. The van der Waals surface area contributed by atoms with Crippen LogP contribution < -0.4 is 5.32 Å². The molecule has 13 atom stereocenters. The topological polar surface area (TPSA) is 211 Å². The van der Waals surface area contributed by atoms with Crippen LogP contribution in [0, 0.1) is 22.6 Å². The van der Waals surface area contributed by atoms with Gasteiger partial charge in [-0.15, -0.1) is 0 Å². The van der Waals surface area contributed by atoms with Gasteiger partial charge in [0.1, 0.15) is 53.2 Å². The van der Waals surface area contributed by atoms with Gasteiger partial charge in [0.15, 0.2) is 18.0 Å². The molecule has 1 amide bonds. The van der Waals surface area contributed by atoms with E-state index in [1.807, 2.05) is 20.8 Å². The second-order valence-electron chi connectivity index (χ2n) is 20.7. The molecule has 67 heavy (non-hydrogen) atoms. The highest BCUT2D eigenvalue weighted by molar-refractivity contribution is 5.89. The van der Waals surface area contributed by atoms with E-state index in [4.69, 9.17) is 37.9 Å². The number of alkyl carbamates (subject to hydrolysis) is 1. The average Bonchev–Trinajstić information content (AvgIpc) is 3.67. The lowest BCUT2D eigenvalue weighted by Gasteiger charge is -2.68. The Hall–Kier alpha value is -4.56. The molecule has 3 N–H and O–H groups in total. The normalized spacial score (nSPS) is 35.1. The maximum atomic E-state index is 15.4. The smallest absolute Gasteiger partial charge is 0.408 e. The molecular weight excluding hydrogens is 874 g/mol. The molecule has 0 radical (unpaired) electrons. The number of aromatic nitrogens is 1. The molecule has 4 heterocycles. The number of ether oxygens (including phenoxy) is 8. The van der Waals surface area contributed by atoms with Crippen molar-refractivity contribution in [1.82, 2.24) is 15.2 Å². The number of nitrogens with one attached hydrogen (secondary N) is 1. The Balaban J connectivity index is 1.26. The van der Waals surface area contributed by atoms with Crippen molar-refractivity contribution < 1.29 is 71.7 Å². The van der Waals surface area contributed by atoms with Gasteiger partial charge in [-0.2, -0.15) is 0 Å². The van der Waals surface area contributed by atoms with Gasteiger partial charge in [-0.1, -0.05) is 39.0 Å². The summed E-state index contributed by atoms with van der Waals surface area (Å²) in [4.78, 5) is 61.6. The van der Waals surface area contributed by atoms with Crippen molar-refractivity contribution >= 4 is 24.0 Å². The maximum absolute atomic E-state index is 15.4. The number of fused-ring (bicyclic) bond motifs is 8. The van der Waals surface area contributed by atoms with Gasteiger partial charge in [-0.05, 0) is 82.4 Å². The molecule has 1 aromatic carbocycles. The highest BCUT2D eigenvalue weighted by atomic mass is 19.1. The zero-order valence-corrected chi connectivity index (χ0v) is 39.6. The summed E-state index contributed by atoms with van der Waals surface area (Å²) in [7, 11) is 1.65. The third-order valence-electron chi connectivity index (χ3n) is 15.1. The van der Waals surface area contributed by atoms with Crippen LogP contribution >= 0.6 is 0 Å². The van der Waals surface area contributed by atoms with Crippen LogP contribution in [-0.4, -0.2) is 143 Å². The molecule has 3 saturated heterocycles. The van der Waals surface area contributed by atoms with E-state index in [1.54, 1.807) is 65.1 Å². The molecule has 17 nitrogen and oxygen atoms in total. The summed E-state index contributed by atoms with van der Waals surface area (Å²) in [5.41, 5.74) is -6.21. The van der Waals surface area contributed by atoms with Crippen LogP contribution in [-0.2, 0) is 47.5 Å². The molecule has 1 aromatic heterocycles. The minimum atomic E-state index is -2.25. The molecule has 18 heteroatoms. The van der Waals surface area contributed by atoms with Gasteiger partial charge in [0.05, 0.1) is 30.8 Å². The van der Waals surface area contributed by atoms with Gasteiger partial charge in [0.25, 0.3) is 0 Å². The largest absolute Gasteiger partial charge is 0.456 e. The predicted molar refractivity (Wildman–Crippen MR) is 234 cm³/mol. The summed E-state index contributed by atoms with van der Waals surface area (Å²) in [6.07, 6.45) is -6.62. The SMILES string of the molecule is COC[C@@H]1CCN1C[C@@H]1O[C@@H]2C3=C(C)[C@@H](OC(=O)[C@H](O)[C@@H](NC(=O)OC(C)(C)C)c4ncccc4F)C[C@@](O)([C@@H](OC(=O)c4ccccc4)[C@H]4[C@@](C)(CC[C@H]5OC[C@]54OC(C)=O)[C@@H]2O1)C3(C)C. The van der Waals surface area contributed by atoms with E-state index in [2.05, 4.69) is 15.2 Å². The Morgan fingerprint density at radius 3 is 2.39 bits per heavy atom. The molecule has 2 bridgehead atoms. The third kappa shape index (κ3) is 8.65. The van der Waals surface area contributed by atoms with Crippen LogP contribution in [0.3, 0.4) is 0 Å². The fraction of sp³-hybridized carbons (Fsp3) is 0.653. The van der Waals surface area contributed by atoms with Crippen molar-refractivity contribution in [3.8, 4) is 0 Å². The van der Waals surface area contributed by atoms with Crippen molar-refractivity contribution in [2.75, 3.05) is 33.4 Å². The minimum absolute atomic E-state index is 0.0655. The second kappa shape index (κ2) is 18.1. The van der Waals surface area contributed by atoms with E-state index in [0.717, 1.165) is 19.0 Å². The number of esters is 3. The quantitative estimate of drug-likeness (QED) is 0.149. The molecule has 0 unspecified atom stereocenters. The molecule has 2 aromatic rings. The maximum Gasteiger partial charge on any atom is 0.408 e. The van der Waals surface area contributed by atoms with Crippen LogP contribution in [0.25, 0.3) is 0 Å². The zero-order chi connectivity index (χ0) is 48.4. The number of nitrogens with zero attached hydrogens (tertiary/aromatic N) is 2. The van der Waals surface area contributed by atoms with Crippen LogP contribution in [0.5, 0.6) is 0 Å². The number of carbonyl (C=O) groups is 4. The van der Waals surface area contributed by atoms with Gasteiger partial charge >= 0.3 is 24.0 Å². The molecule has 5 fully saturated rings. The van der Waals surface area contributed by atoms with Crippen molar-refractivity contribution in [2.24, 2.45) is 16.7 Å². The first-order valence-corrected chi connectivity index (χ1v) is 23.1. The second-order valence-corrected chi connectivity index (χ2v) is 20.7. The monoisotopic (exact) mass is 937 g/mol. The van der Waals surface area contributed by atoms with Crippen molar-refractivity contribution in [2.45, 2.75) is 153 Å². The Kier molecular flexibility index (Phi) is 13.2. The highest BCUT2D eigenvalue weighted by Crippen LogP contribution is 2.66. The highest BCUT2D eigenvalue weighted by Gasteiger charge is 2.77. The number of aliphatic hydroxyl groups excluding tert-OH is 1. The van der Waals surface area contributed by atoms with E-state index in [-0.39, 0.29) is 18.2 Å². The van der Waals surface area contributed by atoms with Gasteiger partial charge in [0, 0.05) is 56.6 Å². The molecule has 2 saturated carbocycles. The van der Waals surface area contributed by atoms with Gasteiger partial charge < -0.3 is 53.4 Å². The number of halogens is 1. The van der Waals surface area contributed by atoms with Crippen molar-refractivity contribution in [3.05, 3.63) is 76.9 Å². The number of hydrogen-bond acceptors (Lipinski definition) is 16. The molecule has 366 valence electrons. The number of methoxy groups -OCH3 is 1. The van der Waals surface area contributed by atoms with Crippen molar-refractivity contribution in [1.29, 1.82) is 0 Å². The zero-order valence-electron chi connectivity index (χ0n) is 39.6. The number of aliphatic hydroxyl groups is 2. The first-order valence-electron chi connectivity index (χ1n) is 23.1. The molecule has 3 aliphatic carbocycles. The van der Waals surface area contributed by atoms with Crippen LogP contribution in [0.4, 0.5) is 9.18 Å². The Morgan fingerprint density at radius 2 is 1.78 bits per heavy atom. The summed E-state index contributed by atoms with van der Waals surface area (Å²) in [5, 5.41) is 28.2. The fourth-order valence-electron chi connectivity index (χ4n) is 11.8. The molecular formula is C49H64FN3O14. The predicted octanol–water partition coefficient (Wildman–Crippen LogP) is 4.72. The molecule has 6 aliphatic rings. The summed E-state index contributed by atoms with van der Waals surface area (Å²) >= 11 is 0. The number of likely N-dealkylation sites (tertiary alicyclic amines) is 1. The number of carbonyl (C=O) groups excluding carboxylic acids is 4. The van der Waals surface area contributed by atoms with Crippen molar-refractivity contribution in [3.63, 3.8) is 0 Å². The standard InChI is InChI=1S/C49H64FN3O14/c1-26-31(62-43(57)37(55)36(35-30(50)16-13-20-51-35)52-44(58)67-45(3,4)5)22-49(59)41(65-42(56)28-14-11-10-12-15-28)39-47(8,19-17-32-48(39,25-61-32)66-27(2)54)40-38(34(26)46(49,6)7)63-33(64-40)23-53-21-18-29(53)24-60-9/h10-16,20,29,31-33,36-41,55,59H,17-19,21-25H2,1-9H3,(H,52,58)/t29-,31-,32+,33+,36-,37+,38+,39-,40+,41-,47+,48-,49+/m0/s1. The summed E-state index contributed by atoms with van der Waals surface area (Å²) < 4.78 is 65.9. The van der Waals surface area contributed by atoms with E-state index < -0.39 is 124 Å². The van der Waals surface area contributed by atoms with Crippen LogP contribution in [0.15, 0.2) is 59.8 Å². The minimum Gasteiger partial charge on any atom is -0.456 e. The third-order valence-corrected chi connectivity index (χ3v) is 15.1. The lowest BCUT2D eigenvalue weighted by Crippen LogP contribution is -2.79. The van der Waals surface area contributed by atoms with Crippen LogP contribution in [0.2, 0.25) is 0 Å². The van der Waals surface area contributed by atoms with E-state index >= 15 is 4.39 Å². The Morgan fingerprint density at radius 1 is 1.04 bits per heavy atom.